The van der Waals surface area contributed by atoms with Crippen LogP contribution in [0.3, 0.4) is 0 Å². The molecule has 0 bridgehead atoms. The van der Waals surface area contributed by atoms with Crippen LogP contribution >= 0.6 is 0 Å². The van der Waals surface area contributed by atoms with Gasteiger partial charge >= 0.3 is 11.9 Å². The van der Waals surface area contributed by atoms with Crippen molar-refractivity contribution in [2.24, 2.45) is 0 Å². The maximum absolute atomic E-state index is 12.3. The van der Waals surface area contributed by atoms with Gasteiger partial charge in [-0.1, -0.05) is 48.5 Å². The van der Waals surface area contributed by atoms with E-state index in [1.54, 1.807) is 55.6 Å². The van der Waals surface area contributed by atoms with E-state index in [0.29, 0.717) is 23.3 Å². The summed E-state index contributed by atoms with van der Waals surface area (Å²) in [4.78, 5) is 34.4. The Kier molecular flexibility index (Phi) is 9.16. The van der Waals surface area contributed by atoms with E-state index in [2.05, 4.69) is 0 Å². The van der Waals surface area contributed by atoms with Gasteiger partial charge in [0, 0.05) is 11.1 Å². The van der Waals surface area contributed by atoms with Gasteiger partial charge in [0.25, 0.3) is 0 Å². The molecular formula is C30H26O7. The summed E-state index contributed by atoms with van der Waals surface area (Å²) >= 11 is 0. The number of hydrogen-bond donors (Lipinski definition) is 2. The summed E-state index contributed by atoms with van der Waals surface area (Å²) in [5.74, 6) is -0.884. The van der Waals surface area contributed by atoms with Crippen molar-refractivity contribution in [3.8, 4) is 11.5 Å². The first-order chi connectivity index (χ1) is 17.8. The van der Waals surface area contributed by atoms with E-state index in [4.69, 9.17) is 19.7 Å². The first-order valence-electron chi connectivity index (χ1n) is 11.3. The summed E-state index contributed by atoms with van der Waals surface area (Å²) in [6.07, 6.45) is 0.604. The van der Waals surface area contributed by atoms with Gasteiger partial charge in [-0.05, 0) is 66.1 Å². The number of benzene rings is 4. The van der Waals surface area contributed by atoms with Gasteiger partial charge in [0.1, 0.15) is 11.5 Å². The molecule has 37 heavy (non-hydrogen) atoms. The second-order valence-electron chi connectivity index (χ2n) is 7.90. The van der Waals surface area contributed by atoms with Crippen molar-refractivity contribution in [2.75, 3.05) is 14.2 Å². The van der Waals surface area contributed by atoms with E-state index in [1.165, 1.54) is 19.2 Å². The van der Waals surface area contributed by atoms with Gasteiger partial charge in [0.15, 0.2) is 5.78 Å². The fraction of sp³-hybridized carbons (Fsp3) is 0.100. The maximum atomic E-state index is 12.3. The number of aromatic carboxylic acids is 2. The molecule has 0 aliphatic rings. The summed E-state index contributed by atoms with van der Waals surface area (Å²) in [6, 6.07) is 27.4. The predicted molar refractivity (Wildman–Crippen MR) is 139 cm³/mol. The van der Waals surface area contributed by atoms with Crippen molar-refractivity contribution in [1.29, 1.82) is 0 Å². The minimum atomic E-state index is -1.11. The first-order valence-corrected chi connectivity index (χ1v) is 11.3. The lowest BCUT2D eigenvalue weighted by Crippen LogP contribution is -2.09. The van der Waals surface area contributed by atoms with Crippen LogP contribution in [-0.2, 0) is 6.42 Å². The highest BCUT2D eigenvalue weighted by Crippen LogP contribution is 2.19. The van der Waals surface area contributed by atoms with Crippen LogP contribution in [-0.4, -0.2) is 42.2 Å². The molecule has 0 saturated heterocycles. The van der Waals surface area contributed by atoms with Crippen LogP contribution < -0.4 is 9.47 Å². The first kappa shape index (κ1) is 26.7. The molecule has 0 spiro atoms. The van der Waals surface area contributed by atoms with Crippen LogP contribution in [0.25, 0.3) is 0 Å². The fourth-order valence-corrected chi connectivity index (χ4v) is 3.61. The summed E-state index contributed by atoms with van der Waals surface area (Å²) < 4.78 is 10.1. The summed E-state index contributed by atoms with van der Waals surface area (Å²) in [5, 5.41) is 18.2. The standard InChI is InChI=1S/C15H12O4.C15H14O3/c1-19-11-8-6-10(7-9-11)14(16)12-4-2-3-5-13(12)15(17)18;1-18-13-8-6-11(7-9-13)10-12-4-2-3-5-14(12)15(16)17/h2-9H,1H3,(H,17,18);2-9H,10H2,1H3,(H,16,17). The largest absolute Gasteiger partial charge is 0.497 e. The average Bonchev–Trinajstić information content (AvgIpc) is 2.93. The molecule has 4 aromatic carbocycles. The van der Waals surface area contributed by atoms with E-state index in [0.717, 1.165) is 16.9 Å². The van der Waals surface area contributed by atoms with Crippen molar-refractivity contribution in [2.45, 2.75) is 6.42 Å². The van der Waals surface area contributed by atoms with E-state index < -0.39 is 11.9 Å². The number of carbonyl (C=O) groups excluding carboxylic acids is 1. The molecule has 4 aromatic rings. The van der Waals surface area contributed by atoms with Gasteiger partial charge in [-0.3, -0.25) is 4.79 Å². The number of carboxylic acids is 2. The molecule has 0 amide bonds. The molecule has 0 radical (unpaired) electrons. The Labute approximate surface area is 214 Å². The van der Waals surface area contributed by atoms with Crippen molar-refractivity contribution in [3.63, 3.8) is 0 Å². The van der Waals surface area contributed by atoms with Crippen LogP contribution in [0.1, 0.15) is 47.8 Å². The second-order valence-corrected chi connectivity index (χ2v) is 7.90. The van der Waals surface area contributed by atoms with Gasteiger partial charge in [-0.2, -0.15) is 0 Å². The molecule has 0 aliphatic heterocycles. The maximum Gasteiger partial charge on any atom is 0.336 e. The van der Waals surface area contributed by atoms with E-state index in [-0.39, 0.29) is 16.9 Å². The van der Waals surface area contributed by atoms with E-state index in [1.807, 2.05) is 36.4 Å². The van der Waals surface area contributed by atoms with Crippen molar-refractivity contribution >= 4 is 17.7 Å². The van der Waals surface area contributed by atoms with Gasteiger partial charge in [0.2, 0.25) is 0 Å². The molecule has 188 valence electrons. The molecule has 0 heterocycles. The number of rotatable bonds is 8. The minimum absolute atomic E-state index is 0.00307. The van der Waals surface area contributed by atoms with E-state index >= 15 is 0 Å². The Balaban J connectivity index is 0.000000206. The number of ketones is 1. The Bertz CT molecular complexity index is 1370. The molecule has 7 nitrogen and oxygen atoms in total. The third-order valence-corrected chi connectivity index (χ3v) is 5.56. The Morgan fingerprint density at radius 1 is 0.595 bits per heavy atom. The molecule has 0 fully saturated rings. The molecule has 2 N–H and O–H groups in total. The van der Waals surface area contributed by atoms with Crippen LogP contribution in [0.2, 0.25) is 0 Å². The summed E-state index contributed by atoms with van der Waals surface area (Å²) in [6.45, 7) is 0. The molecule has 0 saturated carbocycles. The minimum Gasteiger partial charge on any atom is -0.497 e. The fourth-order valence-electron chi connectivity index (χ4n) is 3.61. The Hall–Kier alpha value is -4.91. The average molecular weight is 499 g/mol. The van der Waals surface area contributed by atoms with Gasteiger partial charge in [-0.15, -0.1) is 0 Å². The van der Waals surface area contributed by atoms with Gasteiger partial charge in [0.05, 0.1) is 25.3 Å². The zero-order chi connectivity index (χ0) is 26.8. The highest BCUT2D eigenvalue weighted by molar-refractivity contribution is 6.14. The summed E-state index contributed by atoms with van der Waals surface area (Å²) in [7, 11) is 3.16. The van der Waals surface area contributed by atoms with Crippen molar-refractivity contribution in [1.82, 2.24) is 0 Å². The molecular weight excluding hydrogens is 472 g/mol. The number of ether oxygens (including phenoxy) is 2. The summed E-state index contributed by atoms with van der Waals surface area (Å²) in [5.41, 5.74) is 2.84. The lowest BCUT2D eigenvalue weighted by atomic mass is 9.98. The lowest BCUT2D eigenvalue weighted by molar-refractivity contribution is 0.0684. The number of methoxy groups -OCH3 is 2. The highest BCUT2D eigenvalue weighted by Gasteiger charge is 2.17. The number of hydrogen-bond acceptors (Lipinski definition) is 5. The van der Waals surface area contributed by atoms with Crippen LogP contribution in [0.15, 0.2) is 97.1 Å². The van der Waals surface area contributed by atoms with Gasteiger partial charge in [-0.25, -0.2) is 9.59 Å². The zero-order valence-electron chi connectivity index (χ0n) is 20.4. The van der Waals surface area contributed by atoms with Gasteiger partial charge < -0.3 is 19.7 Å². The topological polar surface area (TPSA) is 110 Å². The van der Waals surface area contributed by atoms with Crippen LogP contribution in [0, 0.1) is 0 Å². The Morgan fingerprint density at radius 2 is 1.05 bits per heavy atom. The smallest absolute Gasteiger partial charge is 0.336 e. The molecule has 0 atom stereocenters. The molecule has 0 unspecified atom stereocenters. The second kappa shape index (κ2) is 12.7. The SMILES string of the molecule is COc1ccc(C(=O)c2ccccc2C(=O)O)cc1.COc1ccc(Cc2ccccc2C(=O)O)cc1. The molecule has 0 aromatic heterocycles. The zero-order valence-corrected chi connectivity index (χ0v) is 20.4. The quantitative estimate of drug-likeness (QED) is 0.304. The van der Waals surface area contributed by atoms with Crippen LogP contribution in [0.4, 0.5) is 0 Å². The number of carbonyl (C=O) groups is 3. The van der Waals surface area contributed by atoms with Crippen molar-refractivity contribution < 1.29 is 34.1 Å². The third kappa shape index (κ3) is 7.05. The molecule has 4 rings (SSSR count). The van der Waals surface area contributed by atoms with E-state index in [9.17, 15) is 14.4 Å². The third-order valence-electron chi connectivity index (χ3n) is 5.56. The Morgan fingerprint density at radius 3 is 1.57 bits per heavy atom. The van der Waals surface area contributed by atoms with Crippen molar-refractivity contribution in [3.05, 3.63) is 130 Å². The monoisotopic (exact) mass is 498 g/mol. The highest BCUT2D eigenvalue weighted by atomic mass is 16.5. The lowest BCUT2D eigenvalue weighted by Gasteiger charge is -2.06. The predicted octanol–water partition coefficient (Wildman–Crippen LogP) is 5.61. The molecule has 0 aliphatic carbocycles. The molecule has 7 heteroatoms. The number of carboxylic acid groups (broad SMARTS) is 2. The van der Waals surface area contributed by atoms with Crippen LogP contribution in [0.5, 0.6) is 11.5 Å². The normalized spacial score (nSPS) is 10.0.